The summed E-state index contributed by atoms with van der Waals surface area (Å²) in [5.74, 6) is 1.17. The molecule has 27 heavy (non-hydrogen) atoms. The summed E-state index contributed by atoms with van der Waals surface area (Å²) in [4.78, 5) is 1.83. The van der Waals surface area contributed by atoms with Crippen LogP contribution in [0.3, 0.4) is 0 Å². The molecule has 2 atom stereocenters. The van der Waals surface area contributed by atoms with Gasteiger partial charge in [-0.3, -0.25) is 0 Å². The first-order valence-electron chi connectivity index (χ1n) is 10.9. The molecule has 1 aliphatic heterocycles. The summed E-state index contributed by atoms with van der Waals surface area (Å²) in [7, 11) is 0. The lowest BCUT2D eigenvalue weighted by atomic mass is 10.0. The van der Waals surface area contributed by atoms with Crippen LogP contribution < -0.4 is 10.2 Å². The second-order valence-corrected chi connectivity index (χ2v) is 8.65. The van der Waals surface area contributed by atoms with Gasteiger partial charge in [0.25, 0.3) is 0 Å². The van der Waals surface area contributed by atoms with Crippen molar-refractivity contribution >= 4 is 0 Å². The maximum Gasteiger partial charge on any atom is 0.135 e. The van der Waals surface area contributed by atoms with Gasteiger partial charge in [0.2, 0.25) is 0 Å². The summed E-state index contributed by atoms with van der Waals surface area (Å²) in [6.07, 6.45) is 7.49. The van der Waals surface area contributed by atoms with Gasteiger partial charge in [0, 0.05) is 35.5 Å². The summed E-state index contributed by atoms with van der Waals surface area (Å²) < 4.78 is 4.46. The van der Waals surface area contributed by atoms with Gasteiger partial charge in [0.1, 0.15) is 12.4 Å². The molecule has 0 radical (unpaired) electrons. The first-order valence-corrected chi connectivity index (χ1v) is 10.9. The maximum atomic E-state index is 4.51. The third-order valence-corrected chi connectivity index (χ3v) is 6.26. The quantitative estimate of drug-likeness (QED) is 0.681. The molecule has 2 aromatic rings. The molecule has 3 heterocycles. The van der Waals surface area contributed by atoms with Gasteiger partial charge in [-0.05, 0) is 59.9 Å². The van der Waals surface area contributed by atoms with Gasteiger partial charge in [-0.15, -0.1) is 0 Å². The molecule has 1 fully saturated rings. The number of aryl methyl sites for hydroxylation is 1. The normalized spacial score (nSPS) is 20.5. The monoisotopic (exact) mass is 373 g/mol. The SMILES string of the molecule is Cc1cc(C[NH2+]CCC[NH+]2CCCC[C@H]2C)c(C)n1-c1ccnn1C(C)C. The topological polar surface area (TPSA) is 43.8 Å². The average Bonchev–Trinajstić information content (AvgIpc) is 3.21. The van der Waals surface area contributed by atoms with E-state index < -0.39 is 0 Å². The fourth-order valence-electron chi connectivity index (χ4n) is 4.63. The minimum absolute atomic E-state index is 0.367. The summed E-state index contributed by atoms with van der Waals surface area (Å²) in [5.41, 5.74) is 4.09. The third-order valence-electron chi connectivity index (χ3n) is 6.26. The Morgan fingerprint density at radius 3 is 2.85 bits per heavy atom. The first-order chi connectivity index (χ1) is 13.0. The number of piperidine rings is 1. The molecule has 2 aromatic heterocycles. The van der Waals surface area contributed by atoms with Crippen molar-refractivity contribution in [3.05, 3.63) is 35.3 Å². The van der Waals surface area contributed by atoms with Gasteiger partial charge in [-0.25, -0.2) is 4.68 Å². The number of aromatic nitrogens is 3. The Bertz CT molecular complexity index is 727. The molecule has 3 N–H and O–H groups in total. The van der Waals surface area contributed by atoms with E-state index in [1.54, 1.807) is 0 Å². The van der Waals surface area contributed by atoms with E-state index in [9.17, 15) is 0 Å². The van der Waals surface area contributed by atoms with Crippen LogP contribution in [0.5, 0.6) is 0 Å². The number of nitrogens with two attached hydrogens (primary N) is 1. The molecule has 0 aromatic carbocycles. The molecule has 0 aliphatic carbocycles. The van der Waals surface area contributed by atoms with Crippen molar-refractivity contribution in [2.24, 2.45) is 0 Å². The van der Waals surface area contributed by atoms with E-state index >= 15 is 0 Å². The Morgan fingerprint density at radius 2 is 2.11 bits per heavy atom. The minimum atomic E-state index is 0.367. The van der Waals surface area contributed by atoms with E-state index in [-0.39, 0.29) is 0 Å². The van der Waals surface area contributed by atoms with Crippen molar-refractivity contribution in [3.63, 3.8) is 0 Å². The fraction of sp³-hybridized carbons (Fsp3) is 0.682. The number of hydrogen-bond acceptors (Lipinski definition) is 1. The lowest BCUT2D eigenvalue weighted by molar-refractivity contribution is -0.930. The third kappa shape index (κ3) is 4.64. The van der Waals surface area contributed by atoms with Crippen LogP contribution in [0.15, 0.2) is 18.3 Å². The van der Waals surface area contributed by atoms with E-state index in [2.05, 4.69) is 66.4 Å². The van der Waals surface area contributed by atoms with Crippen LogP contribution in [0.2, 0.25) is 0 Å². The van der Waals surface area contributed by atoms with Gasteiger partial charge >= 0.3 is 0 Å². The number of likely N-dealkylation sites (tertiary alicyclic amines) is 1. The zero-order valence-electron chi connectivity index (χ0n) is 18.0. The Balaban J connectivity index is 1.55. The zero-order chi connectivity index (χ0) is 19.4. The fourth-order valence-corrected chi connectivity index (χ4v) is 4.63. The van der Waals surface area contributed by atoms with E-state index in [0.717, 1.165) is 12.6 Å². The Hall–Kier alpha value is -1.59. The van der Waals surface area contributed by atoms with Gasteiger partial charge in [-0.2, -0.15) is 5.10 Å². The van der Waals surface area contributed by atoms with Crippen LogP contribution in [-0.2, 0) is 6.54 Å². The molecule has 0 amide bonds. The number of hydrogen-bond donors (Lipinski definition) is 2. The van der Waals surface area contributed by atoms with Crippen molar-refractivity contribution in [2.45, 2.75) is 78.9 Å². The van der Waals surface area contributed by atoms with Crippen LogP contribution in [0, 0.1) is 13.8 Å². The van der Waals surface area contributed by atoms with Gasteiger partial charge in [-0.1, -0.05) is 0 Å². The van der Waals surface area contributed by atoms with Gasteiger partial charge in [0.15, 0.2) is 0 Å². The van der Waals surface area contributed by atoms with Crippen molar-refractivity contribution < 1.29 is 10.2 Å². The van der Waals surface area contributed by atoms with E-state index in [1.807, 2.05) is 11.1 Å². The molecule has 0 bridgehead atoms. The number of quaternary nitrogens is 2. The Labute approximate surface area is 164 Å². The predicted octanol–water partition coefficient (Wildman–Crippen LogP) is 1.78. The molecule has 0 saturated carbocycles. The van der Waals surface area contributed by atoms with Crippen LogP contribution in [-0.4, -0.2) is 40.0 Å². The molecule has 1 unspecified atom stereocenters. The van der Waals surface area contributed by atoms with Crippen LogP contribution in [0.1, 0.15) is 69.4 Å². The highest BCUT2D eigenvalue weighted by Crippen LogP contribution is 2.22. The Morgan fingerprint density at radius 1 is 1.30 bits per heavy atom. The molecule has 3 rings (SSSR count). The number of nitrogens with one attached hydrogen (secondary N) is 1. The lowest BCUT2D eigenvalue weighted by Crippen LogP contribution is -3.16. The first kappa shape index (κ1) is 20.2. The van der Waals surface area contributed by atoms with E-state index in [4.69, 9.17) is 0 Å². The maximum absolute atomic E-state index is 4.51. The Kier molecular flexibility index (Phi) is 6.77. The average molecular weight is 374 g/mol. The summed E-state index contributed by atoms with van der Waals surface area (Å²) in [6, 6.07) is 5.70. The second-order valence-electron chi connectivity index (χ2n) is 8.65. The smallest absolute Gasteiger partial charge is 0.135 e. The second kappa shape index (κ2) is 9.07. The van der Waals surface area contributed by atoms with Crippen molar-refractivity contribution in [3.8, 4) is 5.82 Å². The van der Waals surface area contributed by atoms with E-state index in [0.29, 0.717) is 6.04 Å². The van der Waals surface area contributed by atoms with E-state index in [1.165, 1.54) is 68.1 Å². The highest BCUT2D eigenvalue weighted by atomic mass is 15.3. The molecule has 150 valence electrons. The highest BCUT2D eigenvalue weighted by molar-refractivity contribution is 5.36. The molecular formula is C22H39N5+2. The highest BCUT2D eigenvalue weighted by Gasteiger charge is 2.21. The number of rotatable bonds is 8. The molecular weight excluding hydrogens is 334 g/mol. The summed E-state index contributed by atoms with van der Waals surface area (Å²) in [5, 5.41) is 6.99. The molecule has 1 saturated heterocycles. The molecule has 5 nitrogen and oxygen atoms in total. The molecule has 5 heteroatoms. The van der Waals surface area contributed by atoms with Crippen molar-refractivity contribution in [1.82, 2.24) is 14.3 Å². The van der Waals surface area contributed by atoms with Crippen LogP contribution in [0.4, 0.5) is 0 Å². The zero-order valence-corrected chi connectivity index (χ0v) is 18.0. The summed E-state index contributed by atoms with van der Waals surface area (Å²) >= 11 is 0. The van der Waals surface area contributed by atoms with Gasteiger partial charge < -0.3 is 14.8 Å². The predicted molar refractivity (Wildman–Crippen MR) is 111 cm³/mol. The standard InChI is InChI=1S/C22H37N5/c1-17(2)27-22(10-12-24-27)26-19(4)15-21(20(26)5)16-23-11-8-14-25-13-7-6-9-18(25)3/h10,12,15,17-18,23H,6-9,11,13-14,16H2,1-5H3/p+2/t18-/m1/s1. The van der Waals surface area contributed by atoms with Crippen LogP contribution >= 0.6 is 0 Å². The molecule has 1 aliphatic rings. The summed E-state index contributed by atoms with van der Waals surface area (Å²) in [6.45, 7) is 16.3. The minimum Gasteiger partial charge on any atom is -0.342 e. The largest absolute Gasteiger partial charge is 0.342 e. The number of nitrogens with zero attached hydrogens (tertiary/aromatic N) is 3. The lowest BCUT2D eigenvalue weighted by Gasteiger charge is -2.29. The van der Waals surface area contributed by atoms with Crippen LogP contribution in [0.25, 0.3) is 5.82 Å². The van der Waals surface area contributed by atoms with Gasteiger partial charge in [0.05, 0.1) is 31.9 Å². The van der Waals surface area contributed by atoms with Crippen molar-refractivity contribution in [2.75, 3.05) is 19.6 Å². The molecule has 0 spiro atoms. The van der Waals surface area contributed by atoms with Crippen molar-refractivity contribution in [1.29, 1.82) is 0 Å².